The van der Waals surface area contributed by atoms with Crippen LogP contribution < -0.4 is 4.72 Å². The molecule has 1 aromatic carbocycles. The topological polar surface area (TPSA) is 70.0 Å². The number of benzene rings is 1. The number of nitrogens with zero attached hydrogens (tertiary/aromatic N) is 1. The van der Waals surface area contributed by atoms with E-state index < -0.39 is 15.2 Å². The highest BCUT2D eigenvalue weighted by Gasteiger charge is 2.10. The molecule has 0 aliphatic heterocycles. The van der Waals surface area contributed by atoms with Gasteiger partial charge < -0.3 is 0 Å². The van der Waals surface area contributed by atoms with Crippen molar-refractivity contribution in [1.29, 1.82) is 5.26 Å². The summed E-state index contributed by atoms with van der Waals surface area (Å²) in [5.41, 5.74) is 1.52. The fourth-order valence-electron chi connectivity index (χ4n) is 0.996. The Morgan fingerprint density at radius 2 is 2.20 bits per heavy atom. The smallest absolute Gasteiger partial charge is 0.246 e. The van der Waals surface area contributed by atoms with E-state index in [4.69, 9.17) is 16.9 Å². The highest BCUT2D eigenvalue weighted by molar-refractivity contribution is 7.93. The number of aryl methyl sites for hydroxylation is 1. The van der Waals surface area contributed by atoms with E-state index in [-0.39, 0.29) is 0 Å². The van der Waals surface area contributed by atoms with E-state index in [1.54, 1.807) is 19.1 Å². The van der Waals surface area contributed by atoms with Crippen LogP contribution in [0.4, 0.5) is 5.69 Å². The number of anilines is 1. The predicted octanol–water partition coefficient (Wildman–Crippen LogP) is 1.80. The summed E-state index contributed by atoms with van der Waals surface area (Å²) in [4.78, 5) is 0. The molecule has 6 heteroatoms. The van der Waals surface area contributed by atoms with E-state index in [9.17, 15) is 8.42 Å². The highest BCUT2D eigenvalue weighted by atomic mass is 35.5. The zero-order valence-corrected chi connectivity index (χ0v) is 9.56. The van der Waals surface area contributed by atoms with Crippen LogP contribution >= 0.6 is 11.6 Å². The first-order chi connectivity index (χ1) is 6.98. The molecule has 0 heterocycles. The van der Waals surface area contributed by atoms with Crippen molar-refractivity contribution in [2.45, 2.75) is 6.92 Å². The minimum Gasteiger partial charge on any atom is -0.282 e. The lowest BCUT2D eigenvalue weighted by Crippen LogP contribution is -2.14. The second kappa shape index (κ2) is 4.51. The molecule has 0 saturated carbocycles. The van der Waals surface area contributed by atoms with Gasteiger partial charge in [0, 0.05) is 0 Å². The molecule has 80 valence electrons. The Balaban J connectivity index is 3.10. The van der Waals surface area contributed by atoms with Gasteiger partial charge in [-0.05, 0) is 24.6 Å². The molecule has 0 saturated heterocycles. The molecule has 0 spiro atoms. The summed E-state index contributed by atoms with van der Waals surface area (Å²) in [6, 6.07) is 6.69. The maximum Gasteiger partial charge on any atom is 0.246 e. The van der Waals surface area contributed by atoms with Crippen molar-refractivity contribution < 1.29 is 8.42 Å². The number of alkyl halides is 1. The van der Waals surface area contributed by atoms with Gasteiger partial charge in [0.15, 0.2) is 0 Å². The van der Waals surface area contributed by atoms with Gasteiger partial charge in [0.25, 0.3) is 0 Å². The van der Waals surface area contributed by atoms with E-state index in [1.807, 2.05) is 6.07 Å². The van der Waals surface area contributed by atoms with Crippen LogP contribution in [-0.4, -0.2) is 13.6 Å². The lowest BCUT2D eigenvalue weighted by Gasteiger charge is -2.08. The lowest BCUT2D eigenvalue weighted by atomic mass is 10.1. The van der Waals surface area contributed by atoms with Gasteiger partial charge >= 0.3 is 0 Å². The molecule has 0 atom stereocenters. The fourth-order valence-corrected chi connectivity index (χ4v) is 1.77. The molecular formula is C9H9ClN2O2S. The normalized spacial score (nSPS) is 10.7. The molecule has 0 amide bonds. The SMILES string of the molecule is Cc1ccc(C#N)cc1NS(=O)(=O)CCl. The third kappa shape index (κ3) is 3.11. The molecule has 0 aromatic heterocycles. The molecular weight excluding hydrogens is 236 g/mol. The zero-order chi connectivity index (χ0) is 11.5. The van der Waals surface area contributed by atoms with Crippen molar-refractivity contribution in [3.8, 4) is 6.07 Å². The van der Waals surface area contributed by atoms with Crippen molar-refractivity contribution in [1.82, 2.24) is 0 Å². The van der Waals surface area contributed by atoms with Gasteiger partial charge in [-0.2, -0.15) is 5.26 Å². The van der Waals surface area contributed by atoms with Crippen LogP contribution in [0.3, 0.4) is 0 Å². The van der Waals surface area contributed by atoms with Gasteiger partial charge in [-0.1, -0.05) is 6.07 Å². The number of halogens is 1. The molecule has 4 nitrogen and oxygen atoms in total. The van der Waals surface area contributed by atoms with Crippen LogP contribution in [0.25, 0.3) is 0 Å². The highest BCUT2D eigenvalue weighted by Crippen LogP contribution is 2.18. The van der Waals surface area contributed by atoms with Crippen LogP contribution in [0.1, 0.15) is 11.1 Å². The maximum atomic E-state index is 11.2. The van der Waals surface area contributed by atoms with Crippen molar-refractivity contribution in [3.63, 3.8) is 0 Å². The van der Waals surface area contributed by atoms with E-state index in [0.717, 1.165) is 5.56 Å². The van der Waals surface area contributed by atoms with Crippen molar-refractivity contribution in [2.24, 2.45) is 0 Å². The van der Waals surface area contributed by atoms with Crippen LogP contribution in [0.15, 0.2) is 18.2 Å². The minimum absolute atomic E-state index is 0.384. The summed E-state index contributed by atoms with van der Waals surface area (Å²) in [5, 5.41) is 8.14. The van der Waals surface area contributed by atoms with Gasteiger partial charge in [0.05, 0.1) is 17.3 Å². The molecule has 0 aliphatic carbocycles. The number of hydrogen-bond donors (Lipinski definition) is 1. The first-order valence-corrected chi connectivity index (χ1v) is 6.24. The molecule has 0 radical (unpaired) electrons. The predicted molar refractivity (Wildman–Crippen MR) is 59.2 cm³/mol. The monoisotopic (exact) mass is 244 g/mol. The third-order valence-electron chi connectivity index (χ3n) is 1.78. The molecule has 0 bridgehead atoms. The van der Waals surface area contributed by atoms with Crippen molar-refractivity contribution in [2.75, 3.05) is 9.93 Å². The zero-order valence-electron chi connectivity index (χ0n) is 7.99. The molecule has 15 heavy (non-hydrogen) atoms. The molecule has 0 fully saturated rings. The summed E-state index contributed by atoms with van der Waals surface area (Å²) >= 11 is 5.25. The van der Waals surface area contributed by atoms with Gasteiger partial charge in [0.2, 0.25) is 10.0 Å². The molecule has 0 unspecified atom stereocenters. The van der Waals surface area contributed by atoms with Crippen molar-refractivity contribution >= 4 is 27.3 Å². The van der Waals surface area contributed by atoms with Crippen molar-refractivity contribution in [3.05, 3.63) is 29.3 Å². The van der Waals surface area contributed by atoms with Gasteiger partial charge in [-0.3, -0.25) is 4.72 Å². The van der Waals surface area contributed by atoms with Crippen LogP contribution in [0.2, 0.25) is 0 Å². The van der Waals surface area contributed by atoms with E-state index in [2.05, 4.69) is 4.72 Å². The Morgan fingerprint density at radius 3 is 2.73 bits per heavy atom. The van der Waals surface area contributed by atoms with Gasteiger partial charge in [-0.15, -0.1) is 11.6 Å². The fraction of sp³-hybridized carbons (Fsp3) is 0.222. The first-order valence-electron chi connectivity index (χ1n) is 4.06. The molecule has 0 aliphatic rings. The largest absolute Gasteiger partial charge is 0.282 e. The Bertz CT molecular complexity index is 505. The summed E-state index contributed by atoms with van der Waals surface area (Å²) < 4.78 is 24.7. The third-order valence-corrected chi connectivity index (χ3v) is 3.46. The van der Waals surface area contributed by atoms with Crippen LogP contribution in [-0.2, 0) is 10.0 Å². The quantitative estimate of drug-likeness (QED) is 0.825. The van der Waals surface area contributed by atoms with E-state index in [0.29, 0.717) is 11.3 Å². The summed E-state index contributed by atoms with van der Waals surface area (Å²) in [7, 11) is -3.51. The second-order valence-electron chi connectivity index (χ2n) is 2.97. The number of nitriles is 1. The summed E-state index contributed by atoms with van der Waals surface area (Å²) in [6.07, 6.45) is 0. The number of hydrogen-bond acceptors (Lipinski definition) is 3. The molecule has 1 aromatic rings. The number of rotatable bonds is 3. The van der Waals surface area contributed by atoms with Crippen LogP contribution in [0, 0.1) is 18.3 Å². The second-order valence-corrected chi connectivity index (χ2v) is 5.27. The van der Waals surface area contributed by atoms with Gasteiger partial charge in [0.1, 0.15) is 5.21 Å². The molecule has 1 N–H and O–H groups in total. The summed E-state index contributed by atoms with van der Waals surface area (Å²) in [6.45, 7) is 1.74. The number of sulfonamides is 1. The minimum atomic E-state index is -3.51. The average Bonchev–Trinajstić information content (AvgIpc) is 2.21. The van der Waals surface area contributed by atoms with E-state index in [1.165, 1.54) is 6.07 Å². The lowest BCUT2D eigenvalue weighted by molar-refractivity contribution is 0.605. The Hall–Kier alpha value is -1.25. The maximum absolute atomic E-state index is 11.2. The van der Waals surface area contributed by atoms with Crippen LogP contribution in [0.5, 0.6) is 0 Å². The molecule has 1 rings (SSSR count). The first kappa shape index (κ1) is 11.8. The standard InChI is InChI=1S/C9H9ClN2O2S/c1-7-2-3-8(5-11)4-9(7)12-15(13,14)6-10/h2-4,12H,6H2,1H3. The Morgan fingerprint density at radius 1 is 1.53 bits per heavy atom. The average molecular weight is 245 g/mol. The van der Waals surface area contributed by atoms with Gasteiger partial charge in [-0.25, -0.2) is 8.42 Å². The Labute approximate surface area is 93.5 Å². The Kier molecular flexibility index (Phi) is 3.56. The van der Waals surface area contributed by atoms with E-state index >= 15 is 0 Å². The summed E-state index contributed by atoms with van der Waals surface area (Å²) in [5.74, 6) is 0. The number of nitrogens with one attached hydrogen (secondary N) is 1.